The molecule has 2 nitrogen and oxygen atoms in total. The smallest absolute Gasteiger partial charge is 0.0542 e. The number of benzene rings is 11. The number of para-hydroxylation sites is 2. The van der Waals surface area contributed by atoms with Crippen LogP contribution in [0.2, 0.25) is 0 Å². The topological polar surface area (TPSA) is 8.17 Å². The molecule has 12 rings (SSSR count). The average molecular weight is 815 g/mol. The van der Waals surface area contributed by atoms with Gasteiger partial charge in [0.05, 0.1) is 11.0 Å². The molecule has 0 fully saturated rings. The average Bonchev–Trinajstić information content (AvgIpc) is 3.71. The maximum atomic E-state index is 2.40. The summed E-state index contributed by atoms with van der Waals surface area (Å²) >= 11 is 0. The normalized spacial score (nSPS) is 11.4. The standard InChI is InChI=1S/C62H42N2/c1-3-16-43(17-4-1)51-22-9-11-24-55(51)56-25-12-10-23-53(56)45-30-35-48(36-31-45)63(50-39-41-62-60(42-50)59-26-13-14-29-61(59)64(62)47-19-5-2-6-20-47)49-37-32-46(33-38-49)54-27-15-28-57-52-21-8-7-18-44(52)34-40-58(54)57/h1-42H. The number of hydrogen-bond donors (Lipinski definition) is 0. The molecular weight excluding hydrogens is 773 g/mol. The van der Waals surface area contributed by atoms with Gasteiger partial charge in [0, 0.05) is 33.5 Å². The summed E-state index contributed by atoms with van der Waals surface area (Å²) in [5.74, 6) is 0. The molecule has 0 radical (unpaired) electrons. The van der Waals surface area contributed by atoms with E-state index in [4.69, 9.17) is 0 Å². The van der Waals surface area contributed by atoms with E-state index in [2.05, 4.69) is 264 Å². The Labute approximate surface area is 373 Å². The second kappa shape index (κ2) is 15.8. The van der Waals surface area contributed by atoms with Crippen LogP contribution in [0.1, 0.15) is 0 Å². The summed E-state index contributed by atoms with van der Waals surface area (Å²) in [6.45, 7) is 0. The van der Waals surface area contributed by atoms with E-state index in [1.807, 2.05) is 0 Å². The van der Waals surface area contributed by atoms with E-state index in [0.29, 0.717) is 0 Å². The molecule has 64 heavy (non-hydrogen) atoms. The van der Waals surface area contributed by atoms with Crippen molar-refractivity contribution in [3.8, 4) is 50.2 Å². The van der Waals surface area contributed by atoms with Gasteiger partial charge < -0.3 is 9.47 Å². The van der Waals surface area contributed by atoms with E-state index >= 15 is 0 Å². The monoisotopic (exact) mass is 814 g/mol. The molecule has 0 aliphatic carbocycles. The molecule has 11 aromatic carbocycles. The van der Waals surface area contributed by atoms with Gasteiger partial charge in [-0.05, 0) is 127 Å². The lowest BCUT2D eigenvalue weighted by Crippen LogP contribution is -2.10. The number of nitrogens with zero attached hydrogens (tertiary/aromatic N) is 2. The van der Waals surface area contributed by atoms with Gasteiger partial charge in [-0.1, -0.05) is 194 Å². The first-order valence-electron chi connectivity index (χ1n) is 22.0. The second-order valence-electron chi connectivity index (χ2n) is 16.5. The predicted molar refractivity (Wildman–Crippen MR) is 272 cm³/mol. The fraction of sp³-hybridized carbons (Fsp3) is 0. The van der Waals surface area contributed by atoms with E-state index in [1.54, 1.807) is 0 Å². The molecule has 1 heterocycles. The van der Waals surface area contributed by atoms with Crippen LogP contribution >= 0.6 is 0 Å². The minimum Gasteiger partial charge on any atom is -0.310 e. The molecule has 0 spiro atoms. The van der Waals surface area contributed by atoms with Crippen LogP contribution in [0.4, 0.5) is 17.1 Å². The van der Waals surface area contributed by atoms with E-state index in [9.17, 15) is 0 Å². The summed E-state index contributed by atoms with van der Waals surface area (Å²) in [6, 6.07) is 92.6. The zero-order chi connectivity index (χ0) is 42.4. The van der Waals surface area contributed by atoms with Crippen molar-refractivity contribution in [2.24, 2.45) is 0 Å². The fourth-order valence-electron chi connectivity index (χ4n) is 9.83. The highest BCUT2D eigenvalue weighted by Crippen LogP contribution is 2.43. The molecule has 1 aromatic heterocycles. The van der Waals surface area contributed by atoms with E-state index < -0.39 is 0 Å². The Morgan fingerprint density at radius 2 is 0.734 bits per heavy atom. The summed E-state index contributed by atoms with van der Waals surface area (Å²) in [6.07, 6.45) is 0. The zero-order valence-electron chi connectivity index (χ0n) is 35.1. The molecular formula is C62H42N2. The Bertz CT molecular complexity index is 3640. The molecule has 0 amide bonds. The van der Waals surface area contributed by atoms with Crippen molar-refractivity contribution in [2.45, 2.75) is 0 Å². The highest BCUT2D eigenvalue weighted by atomic mass is 15.1. The fourth-order valence-corrected chi connectivity index (χ4v) is 9.83. The van der Waals surface area contributed by atoms with Crippen LogP contribution in [-0.4, -0.2) is 4.57 Å². The molecule has 0 N–H and O–H groups in total. The lowest BCUT2D eigenvalue weighted by molar-refractivity contribution is 1.18. The first-order chi connectivity index (χ1) is 31.8. The third-order valence-electron chi connectivity index (χ3n) is 12.8. The molecule has 0 atom stereocenters. The van der Waals surface area contributed by atoms with Gasteiger partial charge in [0.2, 0.25) is 0 Å². The van der Waals surface area contributed by atoms with E-state index in [-0.39, 0.29) is 0 Å². The SMILES string of the molecule is c1ccc(-c2ccccc2-c2ccccc2-c2ccc(N(c3ccc(-c4cccc5c4ccc4ccccc45)cc3)c3ccc4c(c3)c3ccccc3n4-c3ccccc3)cc2)cc1. The summed E-state index contributed by atoms with van der Waals surface area (Å²) in [5, 5.41) is 7.50. The van der Waals surface area contributed by atoms with Crippen LogP contribution in [0.25, 0.3) is 93.5 Å². The van der Waals surface area contributed by atoms with Gasteiger partial charge >= 0.3 is 0 Å². The third-order valence-corrected chi connectivity index (χ3v) is 12.8. The van der Waals surface area contributed by atoms with E-state index in [1.165, 1.54) is 87.9 Å². The molecule has 0 saturated heterocycles. The Balaban J connectivity index is 0.991. The quantitative estimate of drug-likeness (QED) is 0.139. The summed E-state index contributed by atoms with van der Waals surface area (Å²) in [4.78, 5) is 2.40. The first-order valence-corrected chi connectivity index (χ1v) is 22.0. The minimum atomic E-state index is 1.08. The number of anilines is 3. The Hall–Kier alpha value is -8.46. The number of rotatable bonds is 8. The van der Waals surface area contributed by atoms with E-state index in [0.717, 1.165) is 22.7 Å². The molecule has 0 aliphatic rings. The summed E-state index contributed by atoms with van der Waals surface area (Å²) in [7, 11) is 0. The summed E-state index contributed by atoms with van der Waals surface area (Å²) in [5.41, 5.74) is 16.4. The molecule has 2 heteroatoms. The van der Waals surface area contributed by atoms with Crippen molar-refractivity contribution < 1.29 is 0 Å². The molecule has 0 saturated carbocycles. The van der Waals surface area contributed by atoms with Gasteiger partial charge in [-0.15, -0.1) is 0 Å². The Morgan fingerprint density at radius 1 is 0.250 bits per heavy atom. The lowest BCUT2D eigenvalue weighted by atomic mass is 9.89. The Kier molecular flexibility index (Phi) is 9.20. The van der Waals surface area contributed by atoms with Crippen molar-refractivity contribution in [3.05, 3.63) is 255 Å². The highest BCUT2D eigenvalue weighted by molar-refractivity contribution is 6.13. The number of aromatic nitrogens is 1. The maximum absolute atomic E-state index is 2.40. The largest absolute Gasteiger partial charge is 0.310 e. The van der Waals surface area contributed by atoms with Crippen LogP contribution in [0.3, 0.4) is 0 Å². The first kappa shape index (κ1) is 37.3. The van der Waals surface area contributed by atoms with Crippen LogP contribution < -0.4 is 4.90 Å². The van der Waals surface area contributed by atoms with Gasteiger partial charge in [-0.25, -0.2) is 0 Å². The zero-order valence-corrected chi connectivity index (χ0v) is 35.1. The summed E-state index contributed by atoms with van der Waals surface area (Å²) < 4.78 is 2.38. The number of hydrogen-bond acceptors (Lipinski definition) is 1. The Morgan fingerprint density at radius 3 is 1.42 bits per heavy atom. The van der Waals surface area contributed by atoms with Crippen molar-refractivity contribution in [3.63, 3.8) is 0 Å². The van der Waals surface area contributed by atoms with Gasteiger partial charge in [0.25, 0.3) is 0 Å². The molecule has 0 aliphatic heterocycles. The van der Waals surface area contributed by atoms with Gasteiger partial charge in [0.1, 0.15) is 0 Å². The third kappa shape index (κ3) is 6.44. The van der Waals surface area contributed by atoms with Crippen molar-refractivity contribution in [1.82, 2.24) is 4.57 Å². The molecule has 0 bridgehead atoms. The van der Waals surface area contributed by atoms with Crippen LogP contribution in [0.5, 0.6) is 0 Å². The minimum absolute atomic E-state index is 1.08. The highest BCUT2D eigenvalue weighted by Gasteiger charge is 2.19. The molecule has 300 valence electrons. The van der Waals surface area contributed by atoms with Gasteiger partial charge in [-0.2, -0.15) is 0 Å². The molecule has 12 aromatic rings. The van der Waals surface area contributed by atoms with Gasteiger partial charge in [-0.3, -0.25) is 0 Å². The van der Waals surface area contributed by atoms with Gasteiger partial charge in [0.15, 0.2) is 0 Å². The van der Waals surface area contributed by atoms with Crippen LogP contribution in [0.15, 0.2) is 255 Å². The van der Waals surface area contributed by atoms with Crippen molar-refractivity contribution in [1.29, 1.82) is 0 Å². The lowest BCUT2D eigenvalue weighted by Gasteiger charge is -2.26. The van der Waals surface area contributed by atoms with Crippen LogP contribution in [-0.2, 0) is 0 Å². The second-order valence-corrected chi connectivity index (χ2v) is 16.5. The van der Waals surface area contributed by atoms with Crippen molar-refractivity contribution in [2.75, 3.05) is 4.90 Å². The molecule has 0 unspecified atom stereocenters. The van der Waals surface area contributed by atoms with Crippen molar-refractivity contribution >= 4 is 60.4 Å². The predicted octanol–water partition coefficient (Wildman–Crippen LogP) is 17.2. The van der Waals surface area contributed by atoms with Crippen LogP contribution in [0, 0.1) is 0 Å². The number of fused-ring (bicyclic) bond motifs is 6. The maximum Gasteiger partial charge on any atom is 0.0542 e.